The molecule has 3 saturated carbocycles. The van der Waals surface area contributed by atoms with Gasteiger partial charge in [0, 0.05) is 31.5 Å². The Morgan fingerprint density at radius 3 is 2.44 bits per heavy atom. The van der Waals surface area contributed by atoms with E-state index >= 15 is 0 Å². The van der Waals surface area contributed by atoms with Gasteiger partial charge in [-0.1, -0.05) is 32.9 Å². The highest BCUT2D eigenvalue weighted by Gasteiger charge is 2.61. The van der Waals surface area contributed by atoms with Crippen LogP contribution in [0.5, 0.6) is 0 Å². The number of imidazole rings is 1. The monoisotopic (exact) mass is 536 g/mol. The number of ether oxygens (including phenoxy) is 1. The Hall–Kier alpha value is -2.57. The van der Waals surface area contributed by atoms with Gasteiger partial charge >= 0.3 is 6.09 Å². The number of benzene rings is 1. The molecule has 1 heterocycles. The molecule has 3 fully saturated rings. The summed E-state index contributed by atoms with van der Waals surface area (Å²) in [6, 6.07) is 8.57. The minimum absolute atomic E-state index is 0.158. The van der Waals surface area contributed by atoms with E-state index in [-0.39, 0.29) is 23.5 Å². The van der Waals surface area contributed by atoms with Crippen molar-refractivity contribution in [2.24, 2.45) is 22.7 Å². The van der Waals surface area contributed by atoms with E-state index in [1.165, 1.54) is 12.8 Å². The van der Waals surface area contributed by atoms with E-state index in [1.807, 2.05) is 26.8 Å². The summed E-state index contributed by atoms with van der Waals surface area (Å²) in [6.07, 6.45) is 7.90. The van der Waals surface area contributed by atoms with Crippen LogP contribution >= 0.6 is 0 Å². The number of rotatable bonds is 7. The fourth-order valence-electron chi connectivity index (χ4n) is 7.71. The van der Waals surface area contributed by atoms with E-state index < -0.39 is 5.60 Å². The Labute approximate surface area is 233 Å². The minimum atomic E-state index is -0.483. The molecular weight excluding hydrogens is 488 g/mol. The number of nitrogens with one attached hydrogen (secondary N) is 2. The van der Waals surface area contributed by atoms with E-state index in [9.17, 15) is 9.59 Å². The number of hydrogen-bond donors (Lipinski definition) is 2. The summed E-state index contributed by atoms with van der Waals surface area (Å²) in [6.45, 7) is 14.1. The Morgan fingerprint density at radius 2 is 1.79 bits per heavy atom. The van der Waals surface area contributed by atoms with Gasteiger partial charge in [0.05, 0.1) is 11.0 Å². The maximum atomic E-state index is 13.2. The molecule has 2 amide bonds. The number of alkyl carbamates (subject to hydrolysis) is 1. The van der Waals surface area contributed by atoms with Gasteiger partial charge in [0.15, 0.2) is 0 Å². The number of amides is 2. The van der Waals surface area contributed by atoms with Crippen molar-refractivity contribution in [1.82, 2.24) is 20.2 Å². The average molecular weight is 537 g/mol. The van der Waals surface area contributed by atoms with Gasteiger partial charge in [-0.15, -0.1) is 0 Å². The van der Waals surface area contributed by atoms with Crippen LogP contribution in [0.3, 0.4) is 0 Å². The Morgan fingerprint density at radius 1 is 1.08 bits per heavy atom. The molecule has 0 aliphatic heterocycles. The fraction of sp³-hybridized carbons (Fsp3) is 0.719. The Kier molecular flexibility index (Phi) is 7.49. The summed E-state index contributed by atoms with van der Waals surface area (Å²) in [4.78, 5) is 30.3. The first-order chi connectivity index (χ1) is 18.4. The van der Waals surface area contributed by atoms with Crippen LogP contribution < -0.4 is 10.6 Å². The first kappa shape index (κ1) is 28.0. The van der Waals surface area contributed by atoms with Crippen LogP contribution in [0.1, 0.15) is 105 Å². The number of para-hydroxylation sites is 2. The highest BCUT2D eigenvalue weighted by molar-refractivity contribution is 5.78. The van der Waals surface area contributed by atoms with E-state index in [0.29, 0.717) is 42.7 Å². The highest BCUT2D eigenvalue weighted by Crippen LogP contribution is 2.65. The minimum Gasteiger partial charge on any atom is -0.444 e. The second kappa shape index (κ2) is 10.4. The second-order valence-electron chi connectivity index (χ2n) is 14.2. The molecule has 0 saturated heterocycles. The van der Waals surface area contributed by atoms with Gasteiger partial charge in [-0.25, -0.2) is 9.78 Å². The average Bonchev–Trinajstić information content (AvgIpc) is 3.41. The predicted molar refractivity (Wildman–Crippen MR) is 154 cm³/mol. The predicted octanol–water partition coefficient (Wildman–Crippen LogP) is 6.56. The highest BCUT2D eigenvalue weighted by atomic mass is 16.6. The van der Waals surface area contributed by atoms with Crippen molar-refractivity contribution in [3.05, 3.63) is 30.1 Å². The molecule has 7 nitrogen and oxygen atoms in total. The topological polar surface area (TPSA) is 85.2 Å². The van der Waals surface area contributed by atoms with E-state index in [2.05, 4.69) is 54.2 Å². The van der Waals surface area contributed by atoms with Gasteiger partial charge in [0.2, 0.25) is 5.91 Å². The number of nitrogens with zero attached hydrogens (tertiary/aromatic N) is 2. The van der Waals surface area contributed by atoms with Crippen LogP contribution in [0.2, 0.25) is 0 Å². The molecular formula is C32H48N4O3. The third kappa shape index (κ3) is 5.55. The number of aromatic nitrogens is 2. The summed E-state index contributed by atoms with van der Waals surface area (Å²) >= 11 is 0. The zero-order chi connectivity index (χ0) is 28.0. The lowest BCUT2D eigenvalue weighted by Crippen LogP contribution is -2.47. The summed E-state index contributed by atoms with van der Waals surface area (Å²) in [7, 11) is 0. The lowest BCUT2D eigenvalue weighted by Gasteiger charge is -2.39. The molecule has 1 aromatic carbocycles. The van der Waals surface area contributed by atoms with Gasteiger partial charge < -0.3 is 19.9 Å². The summed E-state index contributed by atoms with van der Waals surface area (Å²) in [5.41, 5.74) is 2.12. The van der Waals surface area contributed by atoms with E-state index in [1.54, 1.807) is 0 Å². The van der Waals surface area contributed by atoms with Crippen LogP contribution in [0.25, 0.3) is 11.0 Å². The van der Waals surface area contributed by atoms with Gasteiger partial charge in [-0.05, 0) is 101 Å². The number of hydrogen-bond acceptors (Lipinski definition) is 4. The molecule has 1 aromatic heterocycles. The lowest BCUT2D eigenvalue weighted by molar-refractivity contribution is -0.123. The molecule has 2 N–H and O–H groups in total. The molecule has 3 aliphatic carbocycles. The van der Waals surface area contributed by atoms with Crippen LogP contribution in [0, 0.1) is 22.7 Å². The maximum absolute atomic E-state index is 13.2. The molecule has 3 atom stereocenters. The third-order valence-corrected chi connectivity index (χ3v) is 10.5. The molecule has 0 spiro atoms. The number of fused-ring (bicyclic) bond motifs is 3. The molecule has 7 heteroatoms. The quantitative estimate of drug-likeness (QED) is 0.420. The largest absolute Gasteiger partial charge is 0.444 e. The zero-order valence-electron chi connectivity index (χ0n) is 24.8. The molecule has 3 aliphatic rings. The first-order valence-corrected chi connectivity index (χ1v) is 15.1. The number of carbonyl (C=O) groups is 2. The van der Waals surface area contributed by atoms with Crippen molar-refractivity contribution in [3.8, 4) is 0 Å². The van der Waals surface area contributed by atoms with Crippen molar-refractivity contribution in [1.29, 1.82) is 0 Å². The van der Waals surface area contributed by atoms with E-state index in [4.69, 9.17) is 9.72 Å². The number of carbonyl (C=O) groups excluding carboxylic acids is 2. The van der Waals surface area contributed by atoms with Crippen LogP contribution in [0.15, 0.2) is 24.3 Å². The molecule has 2 bridgehead atoms. The standard InChI is InChI=1S/C32H48N4O3/c1-30(2,3)39-29(38)33-20-21-11-13-22(14-12-21)28-34-24-9-7-8-10-25(24)36(28)18-16-27(37)35-26-19-23-15-17-32(26,6)31(23,4)5/h7-10,21-23,26H,11-20H2,1-6H3,(H,33,38)(H,35,37)/t21?,22?,23-,26?,32+/m1/s1. The first-order valence-electron chi connectivity index (χ1n) is 15.1. The molecule has 5 rings (SSSR count). The van der Waals surface area contributed by atoms with E-state index in [0.717, 1.165) is 49.0 Å². The maximum Gasteiger partial charge on any atom is 0.407 e. The lowest BCUT2D eigenvalue weighted by atomic mass is 9.69. The van der Waals surface area contributed by atoms with Crippen molar-refractivity contribution in [2.75, 3.05) is 6.54 Å². The van der Waals surface area contributed by atoms with Crippen molar-refractivity contribution < 1.29 is 14.3 Å². The summed E-state index contributed by atoms with van der Waals surface area (Å²) in [5, 5.41) is 6.39. The van der Waals surface area contributed by atoms with Gasteiger partial charge in [0.25, 0.3) is 0 Å². The summed E-state index contributed by atoms with van der Waals surface area (Å²) in [5.74, 6) is 2.79. The van der Waals surface area contributed by atoms with Crippen LogP contribution in [-0.2, 0) is 16.1 Å². The second-order valence-corrected chi connectivity index (χ2v) is 14.2. The Bertz CT molecular complexity index is 1200. The Balaban J connectivity index is 1.20. The summed E-state index contributed by atoms with van der Waals surface area (Å²) < 4.78 is 7.69. The molecule has 214 valence electrons. The fourth-order valence-corrected chi connectivity index (χ4v) is 7.71. The van der Waals surface area contributed by atoms with Crippen LogP contribution in [0.4, 0.5) is 4.79 Å². The molecule has 0 radical (unpaired) electrons. The van der Waals surface area contributed by atoms with Crippen molar-refractivity contribution in [2.45, 2.75) is 117 Å². The normalized spacial score (nSPS) is 29.9. The molecule has 2 aromatic rings. The molecule has 1 unspecified atom stereocenters. The van der Waals surface area contributed by atoms with Gasteiger partial charge in [-0.2, -0.15) is 0 Å². The van der Waals surface area contributed by atoms with Gasteiger partial charge in [-0.3, -0.25) is 4.79 Å². The van der Waals surface area contributed by atoms with Gasteiger partial charge in [0.1, 0.15) is 11.4 Å². The SMILES string of the molecule is CC(C)(C)OC(=O)NCC1CCC(c2nc3ccccc3n2CCC(=O)NC2C[C@H]3CC[C@]2(C)C3(C)C)CC1. The van der Waals surface area contributed by atoms with Crippen LogP contribution in [-0.4, -0.2) is 39.7 Å². The van der Waals surface area contributed by atoms with Crippen molar-refractivity contribution >= 4 is 23.0 Å². The van der Waals surface area contributed by atoms with Crippen molar-refractivity contribution in [3.63, 3.8) is 0 Å². The molecule has 39 heavy (non-hydrogen) atoms. The number of aryl methyl sites for hydroxylation is 1. The smallest absolute Gasteiger partial charge is 0.407 e. The third-order valence-electron chi connectivity index (χ3n) is 10.5. The zero-order valence-corrected chi connectivity index (χ0v) is 24.8.